The molecule has 11 heavy (non-hydrogen) atoms. The average molecular weight is 199 g/mol. The standard InChI is InChI=1S/C6H12N4.Co/c1-7-2-9-4-8(1)5-10(3-7)6-9;/h1-6H2;. The maximum atomic E-state index is 2.47. The molecule has 4 fully saturated rings. The van der Waals surface area contributed by atoms with Gasteiger partial charge in [0, 0.05) is 16.8 Å². The molecule has 0 aromatic carbocycles. The molecule has 0 amide bonds. The van der Waals surface area contributed by atoms with Gasteiger partial charge in [-0.1, -0.05) is 0 Å². The zero-order chi connectivity index (χ0) is 6.55. The first-order valence-corrected chi connectivity index (χ1v) is 3.79. The number of nitrogens with zero attached hydrogens (tertiary/aromatic N) is 4. The van der Waals surface area contributed by atoms with Gasteiger partial charge < -0.3 is 0 Å². The Morgan fingerprint density at radius 2 is 0.636 bits per heavy atom. The molecule has 0 aromatic rings. The second-order valence-corrected chi connectivity index (χ2v) is 3.53. The fourth-order valence-electron chi connectivity index (χ4n) is 2.23. The van der Waals surface area contributed by atoms with E-state index in [2.05, 4.69) is 19.6 Å². The Kier molecular flexibility index (Phi) is 1.95. The molecule has 4 aliphatic heterocycles. The van der Waals surface area contributed by atoms with E-state index in [4.69, 9.17) is 0 Å². The summed E-state index contributed by atoms with van der Waals surface area (Å²) in [6, 6.07) is 0. The van der Waals surface area contributed by atoms with E-state index in [-0.39, 0.29) is 16.8 Å². The van der Waals surface area contributed by atoms with E-state index >= 15 is 0 Å². The number of rotatable bonds is 0. The van der Waals surface area contributed by atoms with Crippen molar-refractivity contribution >= 4 is 0 Å². The second kappa shape index (κ2) is 2.69. The van der Waals surface area contributed by atoms with Gasteiger partial charge in [0.25, 0.3) is 0 Å². The third-order valence-electron chi connectivity index (χ3n) is 2.40. The van der Waals surface area contributed by atoms with Crippen molar-refractivity contribution < 1.29 is 16.8 Å². The Morgan fingerprint density at radius 3 is 0.818 bits per heavy atom. The molecule has 0 aromatic heterocycles. The second-order valence-electron chi connectivity index (χ2n) is 3.53. The van der Waals surface area contributed by atoms with Gasteiger partial charge in [0.2, 0.25) is 0 Å². The Balaban J connectivity index is 0.000000480. The zero-order valence-electron chi connectivity index (χ0n) is 6.36. The molecule has 4 saturated heterocycles. The molecular formula is C6H12CoN4. The summed E-state index contributed by atoms with van der Waals surface area (Å²) in [5.41, 5.74) is 0. The molecular weight excluding hydrogens is 187 g/mol. The van der Waals surface area contributed by atoms with Crippen LogP contribution in [0.5, 0.6) is 0 Å². The maximum Gasteiger partial charge on any atom is 0.0555 e. The minimum Gasteiger partial charge on any atom is -0.264 e. The van der Waals surface area contributed by atoms with E-state index in [1.54, 1.807) is 0 Å². The molecule has 4 nitrogen and oxygen atoms in total. The van der Waals surface area contributed by atoms with Crippen LogP contribution in [0.3, 0.4) is 0 Å². The molecule has 1 radical (unpaired) electrons. The maximum absolute atomic E-state index is 2.47. The van der Waals surface area contributed by atoms with E-state index in [0.717, 1.165) is 0 Å². The van der Waals surface area contributed by atoms with Gasteiger partial charge in [0.1, 0.15) is 0 Å². The van der Waals surface area contributed by atoms with Gasteiger partial charge in [-0.15, -0.1) is 0 Å². The Morgan fingerprint density at radius 1 is 0.455 bits per heavy atom. The molecule has 0 unspecified atom stereocenters. The summed E-state index contributed by atoms with van der Waals surface area (Å²) in [5.74, 6) is 0. The molecule has 4 bridgehead atoms. The fraction of sp³-hybridized carbons (Fsp3) is 1.00. The van der Waals surface area contributed by atoms with Crippen LogP contribution in [0, 0.1) is 0 Å². The van der Waals surface area contributed by atoms with Crippen LogP contribution in [-0.4, -0.2) is 59.6 Å². The van der Waals surface area contributed by atoms with Crippen LogP contribution < -0.4 is 0 Å². The Labute approximate surface area is 76.9 Å². The summed E-state index contributed by atoms with van der Waals surface area (Å²) in [4.78, 5) is 9.88. The molecule has 0 aliphatic carbocycles. The summed E-state index contributed by atoms with van der Waals surface area (Å²) in [6.45, 7) is 7.12. The predicted octanol–water partition coefficient (Wildman–Crippen LogP) is -1.02. The van der Waals surface area contributed by atoms with Crippen LogP contribution in [0.25, 0.3) is 0 Å². The van der Waals surface area contributed by atoms with Gasteiger partial charge >= 0.3 is 0 Å². The molecule has 0 atom stereocenters. The molecule has 0 spiro atoms. The molecule has 0 saturated carbocycles. The van der Waals surface area contributed by atoms with Crippen molar-refractivity contribution in [2.45, 2.75) is 0 Å². The third-order valence-corrected chi connectivity index (χ3v) is 2.40. The van der Waals surface area contributed by atoms with Crippen molar-refractivity contribution in [3.63, 3.8) is 0 Å². The summed E-state index contributed by atoms with van der Waals surface area (Å²) in [6.07, 6.45) is 0. The van der Waals surface area contributed by atoms with Crippen molar-refractivity contribution in [2.75, 3.05) is 40.0 Å². The fourth-order valence-corrected chi connectivity index (χ4v) is 2.23. The third kappa shape index (κ3) is 1.22. The molecule has 4 aliphatic rings. The zero-order valence-corrected chi connectivity index (χ0v) is 7.41. The van der Waals surface area contributed by atoms with Crippen LogP contribution in [0.2, 0.25) is 0 Å². The van der Waals surface area contributed by atoms with Crippen molar-refractivity contribution in [2.24, 2.45) is 0 Å². The van der Waals surface area contributed by atoms with E-state index in [1.165, 1.54) is 40.0 Å². The monoisotopic (exact) mass is 199 g/mol. The molecule has 4 rings (SSSR count). The van der Waals surface area contributed by atoms with Crippen LogP contribution in [0.15, 0.2) is 0 Å². The van der Waals surface area contributed by atoms with Gasteiger partial charge in [-0.2, -0.15) is 0 Å². The first-order valence-electron chi connectivity index (χ1n) is 3.79. The average Bonchev–Trinajstić information content (AvgIpc) is 1.82. The van der Waals surface area contributed by atoms with Gasteiger partial charge in [-0.05, 0) is 0 Å². The minimum atomic E-state index is 0. The smallest absolute Gasteiger partial charge is 0.0555 e. The van der Waals surface area contributed by atoms with E-state index in [1.807, 2.05) is 0 Å². The Bertz CT molecular complexity index is 106. The number of hydrogen-bond acceptors (Lipinski definition) is 4. The van der Waals surface area contributed by atoms with Crippen molar-refractivity contribution in [1.82, 2.24) is 19.6 Å². The molecule has 4 heterocycles. The number of hydrogen-bond donors (Lipinski definition) is 0. The predicted molar refractivity (Wildman–Crippen MR) is 36.6 cm³/mol. The minimum absolute atomic E-state index is 0. The Hall–Kier alpha value is 0.346. The molecule has 5 heteroatoms. The topological polar surface area (TPSA) is 13.0 Å². The van der Waals surface area contributed by atoms with Gasteiger partial charge in [0.15, 0.2) is 0 Å². The summed E-state index contributed by atoms with van der Waals surface area (Å²) in [5, 5.41) is 0. The summed E-state index contributed by atoms with van der Waals surface area (Å²) in [7, 11) is 0. The van der Waals surface area contributed by atoms with Crippen molar-refractivity contribution in [1.29, 1.82) is 0 Å². The quantitative estimate of drug-likeness (QED) is 0.495. The van der Waals surface area contributed by atoms with Crippen LogP contribution in [0.4, 0.5) is 0 Å². The van der Waals surface area contributed by atoms with E-state index in [0.29, 0.717) is 0 Å². The van der Waals surface area contributed by atoms with Crippen LogP contribution in [0.1, 0.15) is 0 Å². The van der Waals surface area contributed by atoms with E-state index < -0.39 is 0 Å². The largest absolute Gasteiger partial charge is 0.264 e. The first-order chi connectivity index (χ1) is 4.90. The van der Waals surface area contributed by atoms with Crippen molar-refractivity contribution in [3.05, 3.63) is 0 Å². The van der Waals surface area contributed by atoms with E-state index in [9.17, 15) is 0 Å². The van der Waals surface area contributed by atoms with Gasteiger partial charge in [0.05, 0.1) is 40.0 Å². The van der Waals surface area contributed by atoms with Crippen LogP contribution >= 0.6 is 0 Å². The first kappa shape index (κ1) is 7.97. The van der Waals surface area contributed by atoms with Crippen molar-refractivity contribution in [3.8, 4) is 0 Å². The normalized spacial score (nSPS) is 52.4. The van der Waals surface area contributed by atoms with Gasteiger partial charge in [-0.3, -0.25) is 19.6 Å². The summed E-state index contributed by atoms with van der Waals surface area (Å²) >= 11 is 0. The molecule has 0 N–H and O–H groups in total. The summed E-state index contributed by atoms with van der Waals surface area (Å²) < 4.78 is 0. The van der Waals surface area contributed by atoms with Gasteiger partial charge in [-0.25, -0.2) is 0 Å². The van der Waals surface area contributed by atoms with Crippen LogP contribution in [-0.2, 0) is 16.8 Å². The SMILES string of the molecule is C1N2CN3CN1CN(C2)C3.[Co]. The molecule has 65 valence electrons.